The number of rotatable bonds is 3. The van der Waals surface area contributed by atoms with Crippen LogP contribution in [0.25, 0.3) is 0 Å². The van der Waals surface area contributed by atoms with Crippen molar-refractivity contribution >= 4 is 5.82 Å². The average Bonchev–Trinajstić information content (AvgIpc) is 2.77. The summed E-state index contributed by atoms with van der Waals surface area (Å²) in [5.74, 6) is 0.754. The van der Waals surface area contributed by atoms with E-state index < -0.39 is 6.10 Å². The zero-order valence-corrected chi connectivity index (χ0v) is 13.0. The molecule has 0 amide bonds. The van der Waals surface area contributed by atoms with Gasteiger partial charge in [0.2, 0.25) is 0 Å². The average molecular weight is 308 g/mol. The van der Waals surface area contributed by atoms with E-state index in [-0.39, 0.29) is 0 Å². The normalized spacial score (nSPS) is 19.1. The van der Waals surface area contributed by atoms with Crippen molar-refractivity contribution in [2.45, 2.75) is 12.6 Å². The molecule has 2 heterocycles. The van der Waals surface area contributed by atoms with Crippen molar-refractivity contribution in [2.75, 3.05) is 31.1 Å². The SMILES string of the molecule is N#Cc1cccc(N2CCN(Cc3ccccc3)C[C@H](O)C2)n1. The van der Waals surface area contributed by atoms with Gasteiger partial charge in [0, 0.05) is 32.7 Å². The highest BCUT2D eigenvalue weighted by Gasteiger charge is 2.22. The van der Waals surface area contributed by atoms with Gasteiger partial charge in [-0.2, -0.15) is 5.26 Å². The molecule has 1 aliphatic rings. The van der Waals surface area contributed by atoms with Gasteiger partial charge in [-0.3, -0.25) is 4.90 Å². The van der Waals surface area contributed by atoms with Crippen LogP contribution in [0.5, 0.6) is 0 Å². The molecular weight excluding hydrogens is 288 g/mol. The molecular formula is C18H20N4O. The molecule has 118 valence electrons. The largest absolute Gasteiger partial charge is 0.390 e. The molecule has 1 aromatic carbocycles. The fourth-order valence-electron chi connectivity index (χ4n) is 2.91. The minimum atomic E-state index is -0.436. The van der Waals surface area contributed by atoms with Crippen molar-refractivity contribution in [1.29, 1.82) is 5.26 Å². The van der Waals surface area contributed by atoms with E-state index in [2.05, 4.69) is 33.0 Å². The van der Waals surface area contributed by atoms with Gasteiger partial charge in [-0.15, -0.1) is 0 Å². The first kappa shape index (κ1) is 15.5. The Bertz CT molecular complexity index is 683. The van der Waals surface area contributed by atoms with Crippen LogP contribution >= 0.6 is 0 Å². The second-order valence-corrected chi connectivity index (χ2v) is 5.81. The number of anilines is 1. The quantitative estimate of drug-likeness (QED) is 0.934. The van der Waals surface area contributed by atoms with Crippen LogP contribution in [-0.4, -0.2) is 47.3 Å². The van der Waals surface area contributed by atoms with Crippen LogP contribution in [0.3, 0.4) is 0 Å². The summed E-state index contributed by atoms with van der Waals surface area (Å²) in [6, 6.07) is 17.8. The molecule has 1 N–H and O–H groups in total. The summed E-state index contributed by atoms with van der Waals surface area (Å²) in [6.07, 6.45) is -0.436. The van der Waals surface area contributed by atoms with Gasteiger partial charge in [0.05, 0.1) is 6.10 Å². The Labute approximate surface area is 136 Å². The Morgan fingerprint density at radius 2 is 1.91 bits per heavy atom. The maximum absolute atomic E-state index is 10.3. The smallest absolute Gasteiger partial charge is 0.142 e. The third-order valence-corrected chi connectivity index (χ3v) is 4.01. The lowest BCUT2D eigenvalue weighted by Crippen LogP contribution is -2.33. The van der Waals surface area contributed by atoms with Crippen molar-refractivity contribution in [3.05, 3.63) is 59.8 Å². The lowest BCUT2D eigenvalue weighted by Gasteiger charge is -2.22. The van der Waals surface area contributed by atoms with Crippen molar-refractivity contribution in [3.63, 3.8) is 0 Å². The minimum Gasteiger partial charge on any atom is -0.390 e. The van der Waals surface area contributed by atoms with Crippen molar-refractivity contribution in [2.24, 2.45) is 0 Å². The van der Waals surface area contributed by atoms with Crippen LogP contribution in [0.4, 0.5) is 5.82 Å². The molecule has 2 aromatic rings. The van der Waals surface area contributed by atoms with Gasteiger partial charge in [0.15, 0.2) is 0 Å². The Kier molecular flexibility index (Phi) is 4.86. The fraction of sp³-hybridized carbons (Fsp3) is 0.333. The molecule has 1 atom stereocenters. The molecule has 1 fully saturated rings. The van der Waals surface area contributed by atoms with Gasteiger partial charge in [-0.25, -0.2) is 4.98 Å². The number of benzene rings is 1. The summed E-state index contributed by atoms with van der Waals surface area (Å²) in [7, 11) is 0. The van der Waals surface area contributed by atoms with E-state index in [1.54, 1.807) is 6.07 Å². The van der Waals surface area contributed by atoms with Gasteiger partial charge < -0.3 is 10.0 Å². The van der Waals surface area contributed by atoms with Crippen LogP contribution in [0.2, 0.25) is 0 Å². The van der Waals surface area contributed by atoms with Crippen LogP contribution < -0.4 is 4.90 Å². The number of β-amino-alcohol motifs (C(OH)–C–C–N with tert-alkyl or cyclic N) is 1. The maximum atomic E-state index is 10.3. The summed E-state index contributed by atoms with van der Waals surface area (Å²) in [5.41, 5.74) is 1.65. The standard InChI is InChI=1S/C18H20N4O/c19-11-16-7-4-8-18(20-16)22-10-9-21(13-17(23)14-22)12-15-5-2-1-3-6-15/h1-8,17,23H,9-10,12-14H2/t17-/m0/s1. The summed E-state index contributed by atoms with van der Waals surface area (Å²) in [5, 5.41) is 19.3. The number of aromatic nitrogens is 1. The molecule has 5 heteroatoms. The molecule has 23 heavy (non-hydrogen) atoms. The molecule has 1 aromatic heterocycles. The molecule has 3 rings (SSSR count). The number of nitriles is 1. The number of aliphatic hydroxyl groups is 1. The lowest BCUT2D eigenvalue weighted by molar-refractivity contribution is 0.129. The molecule has 0 unspecified atom stereocenters. The number of aliphatic hydroxyl groups excluding tert-OH is 1. The first-order valence-corrected chi connectivity index (χ1v) is 7.81. The van der Waals surface area contributed by atoms with E-state index in [9.17, 15) is 5.11 Å². The van der Waals surface area contributed by atoms with Gasteiger partial charge in [0.1, 0.15) is 17.6 Å². The van der Waals surface area contributed by atoms with Gasteiger partial charge >= 0.3 is 0 Å². The monoisotopic (exact) mass is 308 g/mol. The van der Waals surface area contributed by atoms with E-state index >= 15 is 0 Å². The molecule has 0 aliphatic carbocycles. The van der Waals surface area contributed by atoms with Crippen molar-refractivity contribution in [1.82, 2.24) is 9.88 Å². The number of hydrogen-bond donors (Lipinski definition) is 1. The van der Waals surface area contributed by atoms with E-state index in [0.717, 1.165) is 25.5 Å². The number of nitrogens with zero attached hydrogens (tertiary/aromatic N) is 4. The second-order valence-electron chi connectivity index (χ2n) is 5.81. The van der Waals surface area contributed by atoms with Gasteiger partial charge in [-0.1, -0.05) is 36.4 Å². The summed E-state index contributed by atoms with van der Waals surface area (Å²) in [4.78, 5) is 8.65. The van der Waals surface area contributed by atoms with E-state index in [4.69, 9.17) is 5.26 Å². The fourth-order valence-corrected chi connectivity index (χ4v) is 2.91. The molecule has 0 spiro atoms. The van der Waals surface area contributed by atoms with E-state index in [1.807, 2.05) is 30.3 Å². The highest BCUT2D eigenvalue weighted by atomic mass is 16.3. The minimum absolute atomic E-state index is 0.405. The van der Waals surface area contributed by atoms with Gasteiger partial charge in [-0.05, 0) is 17.7 Å². The number of pyridine rings is 1. The Hall–Kier alpha value is -2.42. The summed E-state index contributed by atoms with van der Waals surface area (Å²) < 4.78 is 0. The molecule has 1 saturated heterocycles. The van der Waals surface area contributed by atoms with Crippen LogP contribution in [0.1, 0.15) is 11.3 Å². The second kappa shape index (κ2) is 7.23. The molecule has 0 radical (unpaired) electrons. The van der Waals surface area contributed by atoms with Crippen molar-refractivity contribution < 1.29 is 5.11 Å². The van der Waals surface area contributed by atoms with Gasteiger partial charge in [0.25, 0.3) is 0 Å². The molecule has 0 bridgehead atoms. The molecule has 5 nitrogen and oxygen atoms in total. The third kappa shape index (κ3) is 4.07. The zero-order chi connectivity index (χ0) is 16.1. The van der Waals surface area contributed by atoms with E-state index in [1.165, 1.54) is 5.56 Å². The summed E-state index contributed by atoms with van der Waals surface area (Å²) in [6.45, 7) is 3.64. The van der Waals surface area contributed by atoms with Crippen LogP contribution in [0, 0.1) is 11.3 Å². The topological polar surface area (TPSA) is 63.4 Å². The summed E-state index contributed by atoms with van der Waals surface area (Å²) >= 11 is 0. The Balaban J connectivity index is 1.69. The lowest BCUT2D eigenvalue weighted by atomic mass is 10.2. The third-order valence-electron chi connectivity index (χ3n) is 4.01. The first-order valence-electron chi connectivity index (χ1n) is 7.81. The van der Waals surface area contributed by atoms with E-state index in [0.29, 0.717) is 18.8 Å². The highest BCUT2D eigenvalue weighted by Crippen LogP contribution is 2.16. The molecule has 1 aliphatic heterocycles. The molecule has 0 saturated carbocycles. The van der Waals surface area contributed by atoms with Crippen LogP contribution in [0.15, 0.2) is 48.5 Å². The number of hydrogen-bond acceptors (Lipinski definition) is 5. The first-order chi connectivity index (χ1) is 11.2. The maximum Gasteiger partial charge on any atom is 0.142 e. The Morgan fingerprint density at radius 1 is 1.09 bits per heavy atom. The highest BCUT2D eigenvalue weighted by molar-refractivity contribution is 5.42. The van der Waals surface area contributed by atoms with Crippen molar-refractivity contribution in [3.8, 4) is 6.07 Å². The predicted molar refractivity (Wildman–Crippen MR) is 88.9 cm³/mol. The predicted octanol–water partition coefficient (Wildman–Crippen LogP) is 1.64. The Morgan fingerprint density at radius 3 is 2.70 bits per heavy atom. The van der Waals surface area contributed by atoms with Crippen LogP contribution in [-0.2, 0) is 6.54 Å². The zero-order valence-electron chi connectivity index (χ0n) is 13.0.